The molecule has 34 heavy (non-hydrogen) atoms. The van der Waals surface area contributed by atoms with E-state index in [0.717, 1.165) is 51.9 Å². The van der Waals surface area contributed by atoms with Crippen LogP contribution in [-0.2, 0) is 9.53 Å². The van der Waals surface area contributed by atoms with Gasteiger partial charge < -0.3 is 24.8 Å². The molecule has 0 atom stereocenters. The van der Waals surface area contributed by atoms with Gasteiger partial charge >= 0.3 is 0 Å². The fourth-order valence-electron chi connectivity index (χ4n) is 5.57. The number of anilines is 3. The van der Waals surface area contributed by atoms with Gasteiger partial charge in [-0.2, -0.15) is 0 Å². The summed E-state index contributed by atoms with van der Waals surface area (Å²) in [4.78, 5) is 43.7. The van der Waals surface area contributed by atoms with Crippen LogP contribution in [0.2, 0.25) is 0 Å². The summed E-state index contributed by atoms with van der Waals surface area (Å²) in [7, 11) is 0. The summed E-state index contributed by atoms with van der Waals surface area (Å²) in [5, 5.41) is 3.27. The summed E-state index contributed by atoms with van der Waals surface area (Å²) < 4.78 is 5.36. The molecule has 5 rings (SSSR count). The molecule has 8 nitrogen and oxygen atoms in total. The maximum atomic E-state index is 13.1. The number of rotatable bonds is 6. The molecule has 2 aromatic rings. The molecule has 1 aliphatic carbocycles. The van der Waals surface area contributed by atoms with E-state index in [2.05, 4.69) is 34.5 Å². The number of hydrogen-bond acceptors (Lipinski definition) is 7. The fraction of sp³-hybridized carbons (Fsp3) is 0.577. The predicted molar refractivity (Wildman–Crippen MR) is 134 cm³/mol. The van der Waals surface area contributed by atoms with Gasteiger partial charge in [0.25, 0.3) is 10.9 Å². The van der Waals surface area contributed by atoms with Crippen molar-refractivity contribution in [3.8, 4) is 0 Å². The topological polar surface area (TPSA) is 82.2 Å². The Morgan fingerprint density at radius 3 is 2.21 bits per heavy atom. The van der Waals surface area contributed by atoms with Gasteiger partial charge in [0.2, 0.25) is 5.91 Å². The van der Waals surface area contributed by atoms with E-state index < -0.39 is 5.43 Å². The molecule has 2 aliphatic heterocycles. The number of benzene rings is 1. The van der Waals surface area contributed by atoms with Crippen LogP contribution < -0.4 is 26.0 Å². The standard InChI is InChI=1S/C26H34N4O4/c31-24-22(23(25(24)32)29-14-16-34-17-15-29)27-18-19-6-8-20(9-7-19)26(33)30-12-10-28(11-13-30)21-4-2-1-3-5-21/h1-5,19-20,27H,6-18H2. The number of carbonyl (C=O) groups excluding carboxylic acids is 1. The lowest BCUT2D eigenvalue weighted by molar-refractivity contribution is -0.137. The SMILES string of the molecule is O=C(C1CCC(CNc2c(N3CCOCC3)c(=O)c2=O)CC1)N1CCN(c2ccccc2)CC1. The molecular weight excluding hydrogens is 432 g/mol. The summed E-state index contributed by atoms with van der Waals surface area (Å²) in [5.74, 6) is 0.826. The number of ether oxygens (including phenoxy) is 1. The summed E-state index contributed by atoms with van der Waals surface area (Å²) in [6.07, 6.45) is 3.73. The number of para-hydroxylation sites is 1. The van der Waals surface area contributed by atoms with Gasteiger partial charge in [0.05, 0.1) is 13.2 Å². The van der Waals surface area contributed by atoms with E-state index in [-0.39, 0.29) is 11.3 Å². The van der Waals surface area contributed by atoms with Crippen LogP contribution in [0.15, 0.2) is 39.9 Å². The highest BCUT2D eigenvalue weighted by Gasteiger charge is 2.32. The van der Waals surface area contributed by atoms with Crippen molar-refractivity contribution in [2.75, 3.05) is 74.1 Å². The maximum Gasteiger partial charge on any atom is 0.253 e. The smallest absolute Gasteiger partial charge is 0.253 e. The second-order valence-corrected chi connectivity index (χ2v) is 9.73. The van der Waals surface area contributed by atoms with E-state index in [4.69, 9.17) is 4.74 Å². The first-order valence-electron chi connectivity index (χ1n) is 12.6. The normalized spacial score (nSPS) is 23.8. The van der Waals surface area contributed by atoms with E-state index in [1.54, 1.807) is 0 Å². The summed E-state index contributed by atoms with van der Waals surface area (Å²) in [6, 6.07) is 10.4. The maximum absolute atomic E-state index is 13.1. The first-order chi connectivity index (χ1) is 16.6. The molecule has 1 N–H and O–H groups in total. The van der Waals surface area contributed by atoms with Crippen LogP contribution >= 0.6 is 0 Å². The van der Waals surface area contributed by atoms with Gasteiger partial charge in [0, 0.05) is 57.4 Å². The Kier molecular flexibility index (Phi) is 6.85. The Morgan fingerprint density at radius 1 is 0.853 bits per heavy atom. The molecule has 2 aromatic carbocycles. The molecule has 3 aliphatic rings. The van der Waals surface area contributed by atoms with Gasteiger partial charge in [-0.3, -0.25) is 14.4 Å². The van der Waals surface area contributed by atoms with Crippen LogP contribution in [0.5, 0.6) is 0 Å². The average molecular weight is 467 g/mol. The quantitative estimate of drug-likeness (QED) is 0.649. The largest absolute Gasteiger partial charge is 0.380 e. The Morgan fingerprint density at radius 2 is 1.53 bits per heavy atom. The molecule has 0 spiro atoms. The van der Waals surface area contributed by atoms with Crippen LogP contribution in [0.1, 0.15) is 25.7 Å². The second kappa shape index (κ2) is 10.2. The van der Waals surface area contributed by atoms with Gasteiger partial charge in [0.1, 0.15) is 11.4 Å². The van der Waals surface area contributed by atoms with Crippen molar-refractivity contribution in [3.63, 3.8) is 0 Å². The van der Waals surface area contributed by atoms with Crippen molar-refractivity contribution < 1.29 is 9.53 Å². The average Bonchev–Trinajstić information content (AvgIpc) is 2.91. The summed E-state index contributed by atoms with van der Waals surface area (Å²) >= 11 is 0. The Bertz CT molecular complexity index is 1040. The highest BCUT2D eigenvalue weighted by atomic mass is 16.5. The number of piperazine rings is 1. The van der Waals surface area contributed by atoms with Crippen molar-refractivity contribution in [2.24, 2.45) is 11.8 Å². The minimum atomic E-state index is -0.403. The molecular formula is C26H34N4O4. The Hall–Kier alpha value is -2.87. The minimum Gasteiger partial charge on any atom is -0.380 e. The molecule has 0 aromatic heterocycles. The highest BCUT2D eigenvalue weighted by Crippen LogP contribution is 2.31. The minimum absolute atomic E-state index is 0.106. The lowest BCUT2D eigenvalue weighted by Crippen LogP contribution is -2.50. The zero-order valence-electron chi connectivity index (χ0n) is 19.7. The molecule has 1 amide bonds. The van der Waals surface area contributed by atoms with Gasteiger partial charge in [0.15, 0.2) is 0 Å². The van der Waals surface area contributed by atoms with Crippen molar-refractivity contribution >= 4 is 23.0 Å². The molecule has 0 radical (unpaired) electrons. The van der Waals surface area contributed by atoms with Crippen LogP contribution in [0.4, 0.5) is 17.1 Å². The first-order valence-corrected chi connectivity index (χ1v) is 12.6. The third-order valence-corrected chi connectivity index (χ3v) is 7.69. The monoisotopic (exact) mass is 466 g/mol. The molecule has 3 fully saturated rings. The molecule has 8 heteroatoms. The van der Waals surface area contributed by atoms with Gasteiger partial charge in [-0.25, -0.2) is 0 Å². The molecule has 182 valence electrons. The second-order valence-electron chi connectivity index (χ2n) is 9.73. The number of morpholine rings is 1. The van der Waals surface area contributed by atoms with Crippen molar-refractivity contribution in [1.82, 2.24) is 4.90 Å². The highest BCUT2D eigenvalue weighted by molar-refractivity contribution is 5.79. The van der Waals surface area contributed by atoms with E-state index in [9.17, 15) is 14.4 Å². The molecule has 2 heterocycles. The van der Waals surface area contributed by atoms with Crippen LogP contribution in [0.25, 0.3) is 0 Å². The van der Waals surface area contributed by atoms with Crippen molar-refractivity contribution in [1.29, 1.82) is 0 Å². The van der Waals surface area contributed by atoms with E-state index in [0.29, 0.717) is 56.0 Å². The number of carbonyl (C=O) groups is 1. The van der Waals surface area contributed by atoms with Crippen LogP contribution in [0.3, 0.4) is 0 Å². The zero-order chi connectivity index (χ0) is 23.5. The van der Waals surface area contributed by atoms with Crippen molar-refractivity contribution in [3.05, 3.63) is 50.8 Å². The lowest BCUT2D eigenvalue weighted by atomic mass is 9.81. The van der Waals surface area contributed by atoms with E-state index >= 15 is 0 Å². The van der Waals surface area contributed by atoms with Gasteiger partial charge in [-0.05, 0) is 43.7 Å². The summed E-state index contributed by atoms with van der Waals surface area (Å²) in [6.45, 7) is 6.45. The Balaban J connectivity index is 1.07. The number of nitrogens with zero attached hydrogens (tertiary/aromatic N) is 3. The Labute approximate surface area is 200 Å². The molecule has 0 bridgehead atoms. The van der Waals surface area contributed by atoms with E-state index in [1.807, 2.05) is 15.9 Å². The van der Waals surface area contributed by atoms with Crippen LogP contribution in [-0.4, -0.2) is 69.8 Å². The number of nitrogens with one attached hydrogen (secondary N) is 1. The fourth-order valence-corrected chi connectivity index (χ4v) is 5.57. The molecule has 1 saturated carbocycles. The lowest BCUT2D eigenvalue weighted by Gasteiger charge is -2.39. The molecule has 0 unspecified atom stereocenters. The zero-order valence-corrected chi connectivity index (χ0v) is 19.7. The third kappa shape index (κ3) is 4.69. The van der Waals surface area contributed by atoms with Crippen molar-refractivity contribution in [2.45, 2.75) is 25.7 Å². The number of amides is 1. The van der Waals surface area contributed by atoms with Crippen LogP contribution in [0, 0.1) is 11.8 Å². The summed E-state index contributed by atoms with van der Waals surface area (Å²) in [5.41, 5.74) is 1.44. The van der Waals surface area contributed by atoms with Gasteiger partial charge in [-0.1, -0.05) is 18.2 Å². The van der Waals surface area contributed by atoms with Gasteiger partial charge in [-0.15, -0.1) is 0 Å². The molecule has 2 saturated heterocycles. The first kappa shape index (κ1) is 22.9. The van der Waals surface area contributed by atoms with E-state index in [1.165, 1.54) is 5.69 Å². The predicted octanol–water partition coefficient (Wildman–Crippen LogP) is 1.69. The third-order valence-electron chi connectivity index (χ3n) is 7.69. The number of hydrogen-bond donors (Lipinski definition) is 1.